The van der Waals surface area contributed by atoms with Crippen molar-refractivity contribution in [2.75, 3.05) is 12.4 Å². The average molecular weight is 352 g/mol. The summed E-state index contributed by atoms with van der Waals surface area (Å²) < 4.78 is 32.6. The lowest BCUT2D eigenvalue weighted by molar-refractivity contribution is 0.102. The van der Waals surface area contributed by atoms with Crippen LogP contribution in [0.2, 0.25) is 5.02 Å². The first-order valence-electron chi connectivity index (χ1n) is 6.92. The van der Waals surface area contributed by atoms with Gasteiger partial charge in [0.2, 0.25) is 0 Å². The van der Waals surface area contributed by atoms with Crippen molar-refractivity contribution in [2.45, 2.75) is 6.61 Å². The van der Waals surface area contributed by atoms with Crippen LogP contribution in [0.25, 0.3) is 11.0 Å². The number of aromatic nitrogens is 2. The Morgan fingerprint density at radius 3 is 2.88 bits per heavy atom. The number of halogens is 3. The van der Waals surface area contributed by atoms with Gasteiger partial charge in [0.05, 0.1) is 11.1 Å². The fourth-order valence-corrected chi connectivity index (χ4v) is 2.49. The number of ether oxygens (including phenoxy) is 1. The smallest absolute Gasteiger partial charge is 0.257 e. The van der Waals surface area contributed by atoms with Crippen molar-refractivity contribution in [3.8, 4) is 0 Å². The van der Waals surface area contributed by atoms with Crippen LogP contribution in [0.15, 0.2) is 30.3 Å². The van der Waals surface area contributed by atoms with Crippen molar-refractivity contribution < 1.29 is 18.3 Å². The number of fused-ring (bicyclic) bond motifs is 1. The summed E-state index contributed by atoms with van der Waals surface area (Å²) in [6.45, 7) is 0.0745. The summed E-state index contributed by atoms with van der Waals surface area (Å²) in [5.41, 5.74) is 0.208. The largest absolute Gasteiger partial charge is 0.377 e. The standard InChI is InChI=1S/C16H12ClF2N3O2/c1-24-7-12-21-14-10(6-11(18)13(19)15(14)22-12)16(23)20-9-4-2-3-8(17)5-9/h2-6H,7H2,1H3,(H,20,23)(H,21,22). The Bertz CT molecular complexity index is 927. The lowest BCUT2D eigenvalue weighted by Gasteiger charge is -2.07. The van der Waals surface area contributed by atoms with Gasteiger partial charge in [0.15, 0.2) is 11.6 Å². The van der Waals surface area contributed by atoms with E-state index in [4.69, 9.17) is 16.3 Å². The first-order chi connectivity index (χ1) is 11.5. The molecule has 1 aromatic heterocycles. The van der Waals surface area contributed by atoms with Gasteiger partial charge in [-0.25, -0.2) is 13.8 Å². The second-order valence-corrected chi connectivity index (χ2v) is 5.46. The van der Waals surface area contributed by atoms with Gasteiger partial charge in [-0.1, -0.05) is 17.7 Å². The van der Waals surface area contributed by atoms with Crippen molar-refractivity contribution >= 4 is 34.2 Å². The van der Waals surface area contributed by atoms with Crippen LogP contribution < -0.4 is 5.32 Å². The van der Waals surface area contributed by atoms with Gasteiger partial charge in [0.1, 0.15) is 17.9 Å². The molecule has 124 valence electrons. The number of hydrogen-bond acceptors (Lipinski definition) is 3. The van der Waals surface area contributed by atoms with Gasteiger partial charge >= 0.3 is 0 Å². The Morgan fingerprint density at radius 1 is 1.38 bits per heavy atom. The number of imidazole rings is 1. The minimum atomic E-state index is -1.16. The monoisotopic (exact) mass is 351 g/mol. The van der Waals surface area contributed by atoms with Crippen LogP contribution in [0.5, 0.6) is 0 Å². The highest BCUT2D eigenvalue weighted by atomic mass is 35.5. The van der Waals surface area contributed by atoms with E-state index in [1.807, 2.05) is 0 Å². The second-order valence-electron chi connectivity index (χ2n) is 5.02. The predicted molar refractivity (Wildman–Crippen MR) is 86.1 cm³/mol. The normalized spacial score (nSPS) is 11.0. The summed E-state index contributed by atoms with van der Waals surface area (Å²) in [6.07, 6.45) is 0. The minimum absolute atomic E-state index is 0.0706. The zero-order valence-electron chi connectivity index (χ0n) is 12.5. The van der Waals surface area contributed by atoms with E-state index in [1.54, 1.807) is 24.3 Å². The van der Waals surface area contributed by atoms with Crippen LogP contribution in [0.1, 0.15) is 16.2 Å². The molecule has 8 heteroatoms. The minimum Gasteiger partial charge on any atom is -0.377 e. The lowest BCUT2D eigenvalue weighted by Crippen LogP contribution is -2.13. The fourth-order valence-electron chi connectivity index (χ4n) is 2.30. The Kier molecular flexibility index (Phi) is 4.46. The molecule has 2 aromatic carbocycles. The number of nitrogens with zero attached hydrogens (tertiary/aromatic N) is 1. The Labute approximate surface area is 140 Å². The van der Waals surface area contributed by atoms with Crippen LogP contribution in [0.3, 0.4) is 0 Å². The SMILES string of the molecule is COCc1nc2c(F)c(F)cc(C(=O)Nc3cccc(Cl)c3)c2[nH]1. The summed E-state index contributed by atoms with van der Waals surface area (Å²) >= 11 is 5.86. The molecule has 0 radical (unpaired) electrons. The molecule has 0 aliphatic carbocycles. The zero-order chi connectivity index (χ0) is 17.3. The second kappa shape index (κ2) is 6.54. The first kappa shape index (κ1) is 16.4. The van der Waals surface area contributed by atoms with E-state index in [0.29, 0.717) is 10.7 Å². The average Bonchev–Trinajstić information content (AvgIpc) is 2.95. The molecular weight excluding hydrogens is 340 g/mol. The molecule has 1 heterocycles. The van der Waals surface area contributed by atoms with Crippen molar-refractivity contribution in [3.05, 3.63) is 58.4 Å². The van der Waals surface area contributed by atoms with Crippen LogP contribution in [0, 0.1) is 11.6 Å². The highest BCUT2D eigenvalue weighted by Crippen LogP contribution is 2.24. The van der Waals surface area contributed by atoms with Gasteiger partial charge in [0, 0.05) is 17.8 Å². The van der Waals surface area contributed by atoms with E-state index in [0.717, 1.165) is 6.07 Å². The molecule has 24 heavy (non-hydrogen) atoms. The van der Waals surface area contributed by atoms with Gasteiger partial charge in [0.25, 0.3) is 5.91 Å². The third-order valence-corrected chi connectivity index (χ3v) is 3.55. The molecule has 5 nitrogen and oxygen atoms in total. The van der Waals surface area contributed by atoms with E-state index in [1.165, 1.54) is 7.11 Å². The van der Waals surface area contributed by atoms with Crippen LogP contribution in [0.4, 0.5) is 14.5 Å². The van der Waals surface area contributed by atoms with E-state index in [9.17, 15) is 13.6 Å². The van der Waals surface area contributed by atoms with Gasteiger partial charge in [-0.05, 0) is 24.3 Å². The number of carbonyl (C=O) groups excluding carboxylic acids is 1. The van der Waals surface area contributed by atoms with Crippen molar-refractivity contribution in [1.82, 2.24) is 9.97 Å². The van der Waals surface area contributed by atoms with E-state index >= 15 is 0 Å². The van der Waals surface area contributed by atoms with Gasteiger partial charge in [-0.15, -0.1) is 0 Å². The molecule has 0 bridgehead atoms. The zero-order valence-corrected chi connectivity index (χ0v) is 13.2. The number of methoxy groups -OCH3 is 1. The molecule has 0 aliphatic heterocycles. The number of nitrogens with one attached hydrogen (secondary N) is 2. The molecule has 3 rings (SSSR count). The van der Waals surface area contributed by atoms with E-state index in [-0.39, 0.29) is 29.0 Å². The maximum atomic E-state index is 13.9. The number of carbonyl (C=O) groups is 1. The van der Waals surface area contributed by atoms with Gasteiger partial charge in [-0.3, -0.25) is 4.79 Å². The molecule has 0 atom stereocenters. The Hall–Kier alpha value is -2.51. The van der Waals surface area contributed by atoms with Crippen LogP contribution >= 0.6 is 11.6 Å². The first-order valence-corrected chi connectivity index (χ1v) is 7.30. The fraction of sp³-hybridized carbons (Fsp3) is 0.125. The molecule has 0 spiro atoms. The highest BCUT2D eigenvalue weighted by molar-refractivity contribution is 6.31. The molecule has 0 aliphatic rings. The summed E-state index contributed by atoms with van der Waals surface area (Å²) in [7, 11) is 1.44. The Morgan fingerprint density at radius 2 is 2.17 bits per heavy atom. The number of benzene rings is 2. The predicted octanol–water partition coefficient (Wildman–Crippen LogP) is 3.89. The third-order valence-electron chi connectivity index (χ3n) is 3.32. The maximum Gasteiger partial charge on any atom is 0.257 e. The van der Waals surface area contributed by atoms with Crippen LogP contribution in [-0.2, 0) is 11.3 Å². The van der Waals surface area contributed by atoms with Crippen molar-refractivity contribution in [2.24, 2.45) is 0 Å². The Balaban J connectivity index is 2.04. The summed E-state index contributed by atoms with van der Waals surface area (Å²) in [6, 6.07) is 7.31. The number of H-pyrrole nitrogens is 1. The number of rotatable bonds is 4. The van der Waals surface area contributed by atoms with Crippen molar-refractivity contribution in [3.63, 3.8) is 0 Å². The van der Waals surface area contributed by atoms with Crippen LogP contribution in [-0.4, -0.2) is 23.0 Å². The number of anilines is 1. The van der Waals surface area contributed by atoms with Gasteiger partial charge < -0.3 is 15.0 Å². The molecule has 0 saturated heterocycles. The lowest BCUT2D eigenvalue weighted by atomic mass is 10.1. The number of amides is 1. The molecule has 0 saturated carbocycles. The maximum absolute atomic E-state index is 13.9. The summed E-state index contributed by atoms with van der Waals surface area (Å²) in [5.74, 6) is -2.61. The van der Waals surface area contributed by atoms with Gasteiger partial charge in [-0.2, -0.15) is 0 Å². The highest BCUT2D eigenvalue weighted by Gasteiger charge is 2.21. The molecular formula is C16H12ClF2N3O2. The summed E-state index contributed by atoms with van der Waals surface area (Å²) in [4.78, 5) is 19.2. The van der Waals surface area contributed by atoms with E-state index < -0.39 is 17.5 Å². The van der Waals surface area contributed by atoms with Crippen molar-refractivity contribution in [1.29, 1.82) is 0 Å². The quantitative estimate of drug-likeness (QED) is 0.749. The number of aromatic amines is 1. The molecule has 2 N–H and O–H groups in total. The molecule has 0 unspecified atom stereocenters. The third kappa shape index (κ3) is 3.08. The summed E-state index contributed by atoms with van der Waals surface area (Å²) in [5, 5.41) is 3.02. The van der Waals surface area contributed by atoms with E-state index in [2.05, 4.69) is 15.3 Å². The topological polar surface area (TPSA) is 67.0 Å². The number of hydrogen-bond donors (Lipinski definition) is 2. The molecule has 0 fully saturated rings. The molecule has 3 aromatic rings. The molecule has 1 amide bonds.